The second-order valence-electron chi connectivity index (χ2n) is 6.45. The summed E-state index contributed by atoms with van der Waals surface area (Å²) in [6.07, 6.45) is 0. The second kappa shape index (κ2) is 8.08. The highest BCUT2D eigenvalue weighted by Gasteiger charge is 2.27. The lowest BCUT2D eigenvalue weighted by Gasteiger charge is -2.35. The summed E-state index contributed by atoms with van der Waals surface area (Å²) < 4.78 is 10.7. The van der Waals surface area contributed by atoms with Crippen molar-refractivity contribution >= 4 is 11.6 Å². The number of nitrogens with zero attached hydrogens (tertiary/aromatic N) is 3. The Kier molecular flexibility index (Phi) is 5.38. The summed E-state index contributed by atoms with van der Waals surface area (Å²) in [5, 5.41) is 8.35. The molecule has 1 aromatic heterocycles. The van der Waals surface area contributed by atoms with Crippen LogP contribution < -0.4 is 10.1 Å². The molecule has 6 nitrogen and oxygen atoms in total. The van der Waals surface area contributed by atoms with Crippen LogP contribution in [0.4, 0.5) is 0 Å². The molecule has 4 rings (SSSR count). The fourth-order valence-electron chi connectivity index (χ4n) is 3.34. The second-order valence-corrected chi connectivity index (χ2v) is 6.86. The molecule has 1 unspecified atom stereocenters. The number of nitrogens with one attached hydrogen (secondary N) is 1. The van der Waals surface area contributed by atoms with Gasteiger partial charge in [0.1, 0.15) is 5.75 Å². The summed E-state index contributed by atoms with van der Waals surface area (Å²) in [6.45, 7) is 3.22. The highest BCUT2D eigenvalue weighted by molar-refractivity contribution is 6.31. The quantitative estimate of drug-likeness (QED) is 0.725. The SMILES string of the molecule is COc1ccc(-c2noc(CN3CCNCC3c3ccccc3Cl)n2)cc1. The summed E-state index contributed by atoms with van der Waals surface area (Å²) in [7, 11) is 1.64. The van der Waals surface area contributed by atoms with Gasteiger partial charge in [-0.05, 0) is 35.9 Å². The van der Waals surface area contributed by atoms with Crippen LogP contribution in [0.1, 0.15) is 17.5 Å². The normalized spacial score (nSPS) is 17.8. The van der Waals surface area contributed by atoms with Gasteiger partial charge in [-0.3, -0.25) is 4.90 Å². The molecule has 1 atom stereocenters. The smallest absolute Gasteiger partial charge is 0.241 e. The first-order valence-corrected chi connectivity index (χ1v) is 9.28. The predicted octanol–water partition coefficient (Wildman–Crippen LogP) is 3.55. The Morgan fingerprint density at radius 2 is 2.04 bits per heavy atom. The van der Waals surface area contributed by atoms with Crippen molar-refractivity contribution in [2.75, 3.05) is 26.7 Å². The van der Waals surface area contributed by atoms with E-state index in [1.165, 1.54) is 0 Å². The van der Waals surface area contributed by atoms with Crippen molar-refractivity contribution in [1.29, 1.82) is 0 Å². The molecule has 1 fully saturated rings. The highest BCUT2D eigenvalue weighted by atomic mass is 35.5. The van der Waals surface area contributed by atoms with Gasteiger partial charge in [-0.25, -0.2) is 0 Å². The van der Waals surface area contributed by atoms with Gasteiger partial charge in [0.15, 0.2) is 0 Å². The van der Waals surface area contributed by atoms with E-state index in [4.69, 9.17) is 20.9 Å². The van der Waals surface area contributed by atoms with Gasteiger partial charge in [-0.15, -0.1) is 0 Å². The Labute approximate surface area is 163 Å². The molecule has 0 saturated carbocycles. The Balaban J connectivity index is 1.52. The number of aromatic nitrogens is 2. The molecule has 1 aliphatic rings. The molecule has 0 spiro atoms. The number of ether oxygens (including phenoxy) is 1. The Hall–Kier alpha value is -2.41. The zero-order valence-electron chi connectivity index (χ0n) is 15.1. The number of piperazine rings is 1. The van der Waals surface area contributed by atoms with Crippen LogP contribution in [0.2, 0.25) is 5.02 Å². The first-order chi connectivity index (χ1) is 13.2. The molecule has 0 amide bonds. The summed E-state index contributed by atoms with van der Waals surface area (Å²) in [5.41, 5.74) is 2.01. The molecule has 1 N–H and O–H groups in total. The lowest BCUT2D eigenvalue weighted by Crippen LogP contribution is -2.45. The summed E-state index contributed by atoms with van der Waals surface area (Å²) in [4.78, 5) is 6.89. The van der Waals surface area contributed by atoms with Crippen LogP contribution in [0.3, 0.4) is 0 Å². The van der Waals surface area contributed by atoms with Crippen molar-refractivity contribution in [2.45, 2.75) is 12.6 Å². The minimum Gasteiger partial charge on any atom is -0.497 e. The number of rotatable bonds is 5. The van der Waals surface area contributed by atoms with Crippen LogP contribution >= 0.6 is 11.6 Å². The average Bonchev–Trinajstić information content (AvgIpc) is 3.18. The van der Waals surface area contributed by atoms with Crippen molar-refractivity contribution in [3.8, 4) is 17.1 Å². The largest absolute Gasteiger partial charge is 0.497 e. The zero-order chi connectivity index (χ0) is 18.6. The van der Waals surface area contributed by atoms with Gasteiger partial charge in [0.2, 0.25) is 11.7 Å². The van der Waals surface area contributed by atoms with E-state index in [2.05, 4.69) is 26.4 Å². The molecule has 7 heteroatoms. The summed E-state index contributed by atoms with van der Waals surface area (Å²) in [6, 6.07) is 15.7. The Morgan fingerprint density at radius 1 is 1.22 bits per heavy atom. The van der Waals surface area contributed by atoms with E-state index in [1.54, 1.807) is 7.11 Å². The van der Waals surface area contributed by atoms with E-state index >= 15 is 0 Å². The molecule has 1 aliphatic heterocycles. The van der Waals surface area contributed by atoms with E-state index in [-0.39, 0.29) is 6.04 Å². The molecule has 1 saturated heterocycles. The number of benzene rings is 2. The summed E-state index contributed by atoms with van der Waals surface area (Å²) in [5.74, 6) is 1.97. The molecule has 140 valence electrons. The van der Waals surface area contributed by atoms with Crippen molar-refractivity contribution in [2.24, 2.45) is 0 Å². The lowest BCUT2D eigenvalue weighted by molar-refractivity contribution is 0.136. The maximum Gasteiger partial charge on any atom is 0.241 e. The molecule has 0 radical (unpaired) electrons. The van der Waals surface area contributed by atoms with Crippen LogP contribution in [-0.2, 0) is 6.54 Å². The van der Waals surface area contributed by atoms with Gasteiger partial charge in [-0.1, -0.05) is 35.0 Å². The average molecular weight is 385 g/mol. The van der Waals surface area contributed by atoms with Crippen LogP contribution in [0.25, 0.3) is 11.4 Å². The predicted molar refractivity (Wildman–Crippen MR) is 104 cm³/mol. The van der Waals surface area contributed by atoms with Gasteiger partial charge in [-0.2, -0.15) is 4.98 Å². The third-order valence-corrected chi connectivity index (χ3v) is 5.12. The third kappa shape index (κ3) is 3.98. The molecule has 27 heavy (non-hydrogen) atoms. The van der Waals surface area contributed by atoms with Gasteiger partial charge in [0.05, 0.1) is 13.7 Å². The first kappa shape index (κ1) is 18.0. The number of methoxy groups -OCH3 is 1. The van der Waals surface area contributed by atoms with E-state index in [0.29, 0.717) is 18.3 Å². The fourth-order valence-corrected chi connectivity index (χ4v) is 3.60. The number of hydrogen-bond donors (Lipinski definition) is 1. The fraction of sp³-hybridized carbons (Fsp3) is 0.300. The van der Waals surface area contributed by atoms with Crippen molar-refractivity contribution < 1.29 is 9.26 Å². The van der Waals surface area contributed by atoms with Crippen molar-refractivity contribution in [3.63, 3.8) is 0 Å². The Morgan fingerprint density at radius 3 is 2.81 bits per heavy atom. The van der Waals surface area contributed by atoms with E-state index in [0.717, 1.165) is 41.5 Å². The topological polar surface area (TPSA) is 63.4 Å². The van der Waals surface area contributed by atoms with Crippen LogP contribution in [-0.4, -0.2) is 41.8 Å². The Bertz CT molecular complexity index is 897. The molecule has 2 heterocycles. The molecule has 2 aromatic carbocycles. The van der Waals surface area contributed by atoms with Crippen molar-refractivity contribution in [1.82, 2.24) is 20.4 Å². The molecular weight excluding hydrogens is 364 g/mol. The van der Waals surface area contributed by atoms with Crippen LogP contribution in [0.15, 0.2) is 53.1 Å². The minimum absolute atomic E-state index is 0.170. The minimum atomic E-state index is 0.170. The molecule has 3 aromatic rings. The molecule has 0 aliphatic carbocycles. The van der Waals surface area contributed by atoms with Gasteiger partial charge < -0.3 is 14.6 Å². The standard InChI is InChI=1S/C20H21ClN4O2/c1-26-15-8-6-14(7-9-15)20-23-19(27-24-20)13-25-11-10-22-12-18(25)16-4-2-3-5-17(16)21/h2-9,18,22H,10-13H2,1H3. The van der Waals surface area contributed by atoms with E-state index in [1.807, 2.05) is 42.5 Å². The lowest BCUT2D eigenvalue weighted by atomic mass is 10.0. The zero-order valence-corrected chi connectivity index (χ0v) is 15.8. The third-order valence-electron chi connectivity index (χ3n) is 4.77. The number of halogens is 1. The highest BCUT2D eigenvalue weighted by Crippen LogP contribution is 2.29. The van der Waals surface area contributed by atoms with Gasteiger partial charge >= 0.3 is 0 Å². The van der Waals surface area contributed by atoms with E-state index in [9.17, 15) is 0 Å². The summed E-state index contributed by atoms with van der Waals surface area (Å²) >= 11 is 6.42. The van der Waals surface area contributed by atoms with Gasteiger partial charge in [0.25, 0.3) is 0 Å². The number of hydrogen-bond acceptors (Lipinski definition) is 6. The maximum atomic E-state index is 6.42. The monoisotopic (exact) mass is 384 g/mol. The van der Waals surface area contributed by atoms with Gasteiger partial charge in [0, 0.05) is 36.3 Å². The first-order valence-electron chi connectivity index (χ1n) is 8.91. The van der Waals surface area contributed by atoms with E-state index < -0.39 is 0 Å². The maximum absolute atomic E-state index is 6.42. The molecular formula is C20H21ClN4O2. The van der Waals surface area contributed by atoms with Crippen LogP contribution in [0, 0.1) is 0 Å². The van der Waals surface area contributed by atoms with Crippen molar-refractivity contribution in [3.05, 3.63) is 65.0 Å². The molecule has 0 bridgehead atoms. The van der Waals surface area contributed by atoms with Crippen LogP contribution in [0.5, 0.6) is 5.75 Å².